The molecule has 102 valence electrons. The van der Waals surface area contributed by atoms with Crippen molar-refractivity contribution in [2.45, 2.75) is 71.2 Å². The zero-order valence-corrected chi connectivity index (χ0v) is 13.8. The highest BCUT2D eigenvalue weighted by molar-refractivity contribution is 6.51. The molecule has 2 nitrogen and oxygen atoms in total. The second-order valence-electron chi connectivity index (χ2n) is 5.73. The molecule has 1 unspecified atom stereocenters. The lowest BCUT2D eigenvalue weighted by Crippen LogP contribution is -2.30. The van der Waals surface area contributed by atoms with Gasteiger partial charge in [-0.25, -0.2) is 0 Å². The van der Waals surface area contributed by atoms with Crippen LogP contribution in [0.2, 0.25) is 10.6 Å². The Kier molecular flexibility index (Phi) is 10.7. The Hall–Kier alpha value is 0.452. The summed E-state index contributed by atoms with van der Waals surface area (Å²) in [6.07, 6.45) is 2.09. The van der Waals surface area contributed by atoms with Crippen molar-refractivity contribution < 1.29 is 8.53 Å². The van der Waals surface area contributed by atoms with Crippen molar-refractivity contribution in [3.05, 3.63) is 0 Å². The third-order valence-corrected chi connectivity index (χ3v) is 6.28. The van der Waals surface area contributed by atoms with Gasteiger partial charge in [0.15, 0.2) is 0 Å². The Morgan fingerprint density at radius 3 is 1.82 bits per heavy atom. The average molecular weight is 258 g/mol. The maximum Gasteiger partial charge on any atom is 0.463 e. The minimum absolute atomic E-state index is 0.0455. The van der Waals surface area contributed by atoms with Crippen LogP contribution in [-0.2, 0) is 8.53 Å². The van der Waals surface area contributed by atoms with Crippen molar-refractivity contribution in [1.82, 2.24) is 0 Å². The fraction of sp³-hybridized carbons (Fsp3) is 1.00. The maximum absolute atomic E-state index is 6.24. The molecule has 1 atom stereocenters. The van der Waals surface area contributed by atoms with Gasteiger partial charge < -0.3 is 8.53 Å². The fourth-order valence-electron chi connectivity index (χ4n) is 1.98. The molecule has 0 heterocycles. The smallest absolute Gasteiger partial charge is 0.463 e. The molecule has 17 heavy (non-hydrogen) atoms. The average Bonchev–Trinajstić information content (AvgIpc) is 2.22. The third-order valence-electron chi connectivity index (χ3n) is 2.65. The van der Waals surface area contributed by atoms with Gasteiger partial charge in [-0.3, -0.25) is 0 Å². The standard InChI is InChI=1S/C6H13O2.2C4H9.Al/c1-3-5-8-6(7)4-2;2*1-4(2)3;/h6H,3-5H2,1-2H3;2*4H,1H2,2-3H3;/q-1;;;+1. The van der Waals surface area contributed by atoms with Gasteiger partial charge in [0.1, 0.15) is 6.29 Å². The van der Waals surface area contributed by atoms with Gasteiger partial charge in [-0.1, -0.05) is 63.9 Å². The molecule has 0 aromatic carbocycles. The first-order valence-corrected chi connectivity index (χ1v) is 9.37. The highest BCUT2D eigenvalue weighted by atomic mass is 27.2. The van der Waals surface area contributed by atoms with Crippen molar-refractivity contribution >= 4 is 14.5 Å². The summed E-state index contributed by atoms with van der Waals surface area (Å²) >= 11 is -1.09. The van der Waals surface area contributed by atoms with Crippen LogP contribution < -0.4 is 0 Å². The van der Waals surface area contributed by atoms with E-state index in [1.807, 2.05) is 0 Å². The Labute approximate surface area is 113 Å². The summed E-state index contributed by atoms with van der Waals surface area (Å²) in [5, 5.41) is 2.54. The summed E-state index contributed by atoms with van der Waals surface area (Å²) in [6, 6.07) is 0. The van der Waals surface area contributed by atoms with Gasteiger partial charge in [0.05, 0.1) is 0 Å². The normalized spacial score (nSPS) is 13.4. The molecule has 0 spiro atoms. The highest BCUT2D eigenvalue weighted by Crippen LogP contribution is 2.18. The van der Waals surface area contributed by atoms with Crippen molar-refractivity contribution in [3.63, 3.8) is 0 Å². The van der Waals surface area contributed by atoms with Crippen LogP contribution in [0.4, 0.5) is 0 Å². The van der Waals surface area contributed by atoms with Crippen LogP contribution in [0.3, 0.4) is 0 Å². The van der Waals surface area contributed by atoms with Crippen molar-refractivity contribution in [1.29, 1.82) is 0 Å². The SMILES string of the molecule is CCCOC(CC)[O][Al]([CH2]C(C)C)[CH2]C(C)C. The molecular weight excluding hydrogens is 227 g/mol. The maximum atomic E-state index is 6.24. The lowest BCUT2D eigenvalue weighted by Gasteiger charge is -2.24. The summed E-state index contributed by atoms with van der Waals surface area (Å²) in [7, 11) is 0. The molecule has 0 fully saturated rings. The molecule has 0 aromatic rings. The molecule has 3 heteroatoms. The van der Waals surface area contributed by atoms with Crippen molar-refractivity contribution in [2.24, 2.45) is 11.8 Å². The highest BCUT2D eigenvalue weighted by Gasteiger charge is 2.26. The van der Waals surface area contributed by atoms with Gasteiger partial charge in [-0.2, -0.15) is 0 Å². The van der Waals surface area contributed by atoms with Gasteiger partial charge in [0.25, 0.3) is 0 Å². The van der Waals surface area contributed by atoms with Gasteiger partial charge >= 0.3 is 14.5 Å². The lowest BCUT2D eigenvalue weighted by molar-refractivity contribution is -0.0849. The van der Waals surface area contributed by atoms with Crippen molar-refractivity contribution in [3.8, 4) is 0 Å². The molecule has 0 saturated carbocycles. The monoisotopic (exact) mass is 258 g/mol. The number of rotatable bonds is 10. The van der Waals surface area contributed by atoms with Gasteiger partial charge in [-0.15, -0.1) is 0 Å². The summed E-state index contributed by atoms with van der Waals surface area (Å²) in [5.41, 5.74) is 0. The van der Waals surface area contributed by atoms with Crippen LogP contribution in [0.15, 0.2) is 0 Å². The predicted molar refractivity (Wildman–Crippen MR) is 76.5 cm³/mol. The topological polar surface area (TPSA) is 18.5 Å². The van der Waals surface area contributed by atoms with E-state index in [2.05, 4.69) is 41.5 Å². The second kappa shape index (κ2) is 10.4. The van der Waals surface area contributed by atoms with E-state index < -0.39 is 14.5 Å². The molecule has 0 bridgehead atoms. The van der Waals surface area contributed by atoms with E-state index in [1.54, 1.807) is 0 Å². The van der Waals surface area contributed by atoms with E-state index >= 15 is 0 Å². The van der Waals surface area contributed by atoms with E-state index in [-0.39, 0.29) is 6.29 Å². The van der Waals surface area contributed by atoms with Crippen LogP contribution in [0, 0.1) is 11.8 Å². The molecule has 0 N–H and O–H groups in total. The minimum Gasteiger partial charge on any atom is -0.478 e. The van der Waals surface area contributed by atoms with Gasteiger partial charge in [0, 0.05) is 6.61 Å². The Balaban J connectivity index is 4.16. The van der Waals surface area contributed by atoms with Crippen LogP contribution in [-0.4, -0.2) is 27.4 Å². The lowest BCUT2D eigenvalue weighted by atomic mass is 10.3. The minimum atomic E-state index is -1.09. The van der Waals surface area contributed by atoms with Gasteiger partial charge in [-0.05, 0) is 12.8 Å². The first-order valence-electron chi connectivity index (χ1n) is 7.26. The second-order valence-corrected chi connectivity index (χ2v) is 8.18. The van der Waals surface area contributed by atoms with E-state index in [9.17, 15) is 0 Å². The van der Waals surface area contributed by atoms with Crippen LogP contribution in [0.25, 0.3) is 0 Å². The van der Waals surface area contributed by atoms with Crippen molar-refractivity contribution in [2.75, 3.05) is 6.61 Å². The fourth-order valence-corrected chi connectivity index (χ4v) is 5.19. The summed E-state index contributed by atoms with van der Waals surface area (Å²) in [5.74, 6) is 1.49. The van der Waals surface area contributed by atoms with Crippen LogP contribution in [0.1, 0.15) is 54.4 Å². The van der Waals surface area contributed by atoms with E-state index in [4.69, 9.17) is 8.53 Å². The molecule has 0 aliphatic heterocycles. The molecule has 0 rings (SSSR count). The van der Waals surface area contributed by atoms with E-state index in [0.29, 0.717) is 0 Å². The Morgan fingerprint density at radius 1 is 0.941 bits per heavy atom. The molecule has 0 amide bonds. The zero-order chi connectivity index (χ0) is 13.3. The largest absolute Gasteiger partial charge is 0.478 e. The third kappa shape index (κ3) is 10.1. The first kappa shape index (κ1) is 17.5. The Bertz CT molecular complexity index is 162. The number of hydrogen-bond acceptors (Lipinski definition) is 2. The quantitative estimate of drug-likeness (QED) is 0.425. The Morgan fingerprint density at radius 2 is 1.47 bits per heavy atom. The summed E-state index contributed by atoms with van der Waals surface area (Å²) < 4.78 is 12.0. The van der Waals surface area contributed by atoms with Gasteiger partial charge in [0.2, 0.25) is 0 Å². The molecule has 0 aromatic heterocycles. The summed E-state index contributed by atoms with van der Waals surface area (Å²) in [6.45, 7) is 14.3. The molecular formula is C14H31AlO2. The molecule has 0 aliphatic carbocycles. The number of ether oxygens (including phenoxy) is 1. The predicted octanol–water partition coefficient (Wildman–Crippen LogP) is 4.47. The zero-order valence-electron chi connectivity index (χ0n) is 12.7. The number of hydrogen-bond donors (Lipinski definition) is 0. The van der Waals surface area contributed by atoms with E-state index in [0.717, 1.165) is 31.3 Å². The van der Waals surface area contributed by atoms with Crippen LogP contribution >= 0.6 is 0 Å². The molecule has 0 aliphatic rings. The molecule has 0 radical (unpaired) electrons. The van der Waals surface area contributed by atoms with E-state index in [1.165, 1.54) is 10.6 Å². The van der Waals surface area contributed by atoms with Crippen LogP contribution in [0.5, 0.6) is 0 Å². The first-order chi connectivity index (χ1) is 7.99. The molecule has 0 saturated heterocycles. The summed E-state index contributed by atoms with van der Waals surface area (Å²) in [4.78, 5) is 0.